The summed E-state index contributed by atoms with van der Waals surface area (Å²) in [6.07, 6.45) is 0. The minimum atomic E-state index is -0.312. The molecule has 0 N–H and O–H groups in total. The molecule has 0 bridgehead atoms. The number of hydrogen-bond donors (Lipinski definition) is 0. The van der Waals surface area contributed by atoms with Gasteiger partial charge in [0.1, 0.15) is 0 Å². The van der Waals surface area contributed by atoms with Crippen molar-refractivity contribution in [2.75, 3.05) is 7.11 Å². The molecule has 0 radical (unpaired) electrons. The average Bonchev–Trinajstić information content (AvgIpc) is 2.28. The SMILES string of the molecule is COC(=O)c1cccc2cccc(Br)c12. The van der Waals surface area contributed by atoms with Crippen LogP contribution in [0.15, 0.2) is 40.9 Å². The second-order valence-electron chi connectivity index (χ2n) is 3.14. The molecule has 2 rings (SSSR count). The van der Waals surface area contributed by atoms with E-state index >= 15 is 0 Å². The number of rotatable bonds is 1. The fraction of sp³-hybridized carbons (Fsp3) is 0.0833. The minimum Gasteiger partial charge on any atom is -0.465 e. The third-order valence-electron chi connectivity index (χ3n) is 2.26. The van der Waals surface area contributed by atoms with Crippen molar-refractivity contribution >= 4 is 32.7 Å². The fourth-order valence-electron chi connectivity index (χ4n) is 1.58. The summed E-state index contributed by atoms with van der Waals surface area (Å²) >= 11 is 3.44. The van der Waals surface area contributed by atoms with Crippen molar-refractivity contribution in [1.82, 2.24) is 0 Å². The molecule has 0 heterocycles. The van der Waals surface area contributed by atoms with Crippen LogP contribution in [0.2, 0.25) is 0 Å². The van der Waals surface area contributed by atoms with E-state index in [1.807, 2.05) is 30.3 Å². The van der Waals surface area contributed by atoms with Gasteiger partial charge in [-0.05, 0) is 17.5 Å². The minimum absolute atomic E-state index is 0.312. The highest BCUT2D eigenvalue weighted by Crippen LogP contribution is 2.27. The van der Waals surface area contributed by atoms with Crippen LogP contribution in [-0.2, 0) is 4.74 Å². The smallest absolute Gasteiger partial charge is 0.338 e. The maximum Gasteiger partial charge on any atom is 0.338 e. The highest BCUT2D eigenvalue weighted by atomic mass is 79.9. The van der Waals surface area contributed by atoms with Crippen LogP contribution in [0.1, 0.15) is 10.4 Å². The van der Waals surface area contributed by atoms with E-state index in [1.54, 1.807) is 6.07 Å². The Labute approximate surface area is 96.0 Å². The number of benzene rings is 2. The van der Waals surface area contributed by atoms with Gasteiger partial charge in [-0.1, -0.05) is 40.2 Å². The second kappa shape index (κ2) is 4.03. The van der Waals surface area contributed by atoms with Crippen LogP contribution in [-0.4, -0.2) is 13.1 Å². The van der Waals surface area contributed by atoms with Gasteiger partial charge in [0.2, 0.25) is 0 Å². The van der Waals surface area contributed by atoms with Crippen molar-refractivity contribution in [3.63, 3.8) is 0 Å². The van der Waals surface area contributed by atoms with Crippen molar-refractivity contribution in [3.05, 3.63) is 46.4 Å². The van der Waals surface area contributed by atoms with Gasteiger partial charge in [-0.3, -0.25) is 0 Å². The molecule has 0 saturated heterocycles. The van der Waals surface area contributed by atoms with Crippen molar-refractivity contribution in [1.29, 1.82) is 0 Å². The van der Waals surface area contributed by atoms with Crippen LogP contribution >= 0.6 is 15.9 Å². The third-order valence-corrected chi connectivity index (χ3v) is 2.92. The number of methoxy groups -OCH3 is 1. The molecule has 0 aliphatic rings. The van der Waals surface area contributed by atoms with E-state index in [-0.39, 0.29) is 5.97 Å². The van der Waals surface area contributed by atoms with Gasteiger partial charge in [0.25, 0.3) is 0 Å². The van der Waals surface area contributed by atoms with Gasteiger partial charge in [-0.2, -0.15) is 0 Å². The molecule has 76 valence electrons. The third kappa shape index (κ3) is 1.75. The highest BCUT2D eigenvalue weighted by molar-refractivity contribution is 9.10. The summed E-state index contributed by atoms with van der Waals surface area (Å²) in [5.74, 6) is -0.312. The van der Waals surface area contributed by atoms with Gasteiger partial charge >= 0.3 is 5.97 Å². The standard InChI is InChI=1S/C12H9BrO2/c1-15-12(14)9-6-2-4-8-5-3-7-10(13)11(8)9/h2-7H,1H3. The quantitative estimate of drug-likeness (QED) is 0.739. The van der Waals surface area contributed by atoms with Crippen LogP contribution in [0.5, 0.6) is 0 Å². The number of hydrogen-bond acceptors (Lipinski definition) is 2. The first-order chi connectivity index (χ1) is 7.24. The molecule has 2 aromatic carbocycles. The number of halogens is 1. The lowest BCUT2D eigenvalue weighted by Crippen LogP contribution is -2.01. The summed E-state index contributed by atoms with van der Waals surface area (Å²) in [5, 5.41) is 1.92. The average molecular weight is 265 g/mol. The Kier molecular flexibility index (Phi) is 2.73. The van der Waals surface area contributed by atoms with Gasteiger partial charge in [0, 0.05) is 9.86 Å². The van der Waals surface area contributed by atoms with E-state index < -0.39 is 0 Å². The normalized spacial score (nSPS) is 10.3. The first-order valence-corrected chi connectivity index (χ1v) is 5.29. The number of esters is 1. The van der Waals surface area contributed by atoms with E-state index in [0.29, 0.717) is 5.56 Å². The van der Waals surface area contributed by atoms with Crippen LogP contribution in [0.3, 0.4) is 0 Å². The highest BCUT2D eigenvalue weighted by Gasteiger charge is 2.11. The summed E-state index contributed by atoms with van der Waals surface area (Å²) in [7, 11) is 1.39. The molecule has 15 heavy (non-hydrogen) atoms. The molecule has 0 aromatic heterocycles. The van der Waals surface area contributed by atoms with Gasteiger partial charge < -0.3 is 4.74 Å². The monoisotopic (exact) mass is 264 g/mol. The number of fused-ring (bicyclic) bond motifs is 1. The summed E-state index contributed by atoms with van der Waals surface area (Å²) in [6.45, 7) is 0. The molecule has 2 aromatic rings. The molecule has 0 aliphatic heterocycles. The lowest BCUT2D eigenvalue weighted by Gasteiger charge is -2.06. The molecule has 0 fully saturated rings. The Morgan fingerprint density at radius 2 is 1.87 bits per heavy atom. The Morgan fingerprint density at radius 1 is 1.20 bits per heavy atom. The lowest BCUT2D eigenvalue weighted by atomic mass is 10.0. The summed E-state index contributed by atoms with van der Waals surface area (Å²) in [4.78, 5) is 11.5. The van der Waals surface area contributed by atoms with Crippen molar-refractivity contribution in [2.24, 2.45) is 0 Å². The first-order valence-electron chi connectivity index (χ1n) is 4.49. The molecule has 0 atom stereocenters. The Bertz CT molecular complexity index is 515. The zero-order valence-corrected chi connectivity index (χ0v) is 9.74. The van der Waals surface area contributed by atoms with Gasteiger partial charge in [-0.15, -0.1) is 0 Å². The van der Waals surface area contributed by atoms with Crippen LogP contribution in [0.4, 0.5) is 0 Å². The Balaban J connectivity index is 2.80. The van der Waals surface area contributed by atoms with Gasteiger partial charge in [0.15, 0.2) is 0 Å². The zero-order valence-electron chi connectivity index (χ0n) is 8.16. The van der Waals surface area contributed by atoms with E-state index in [0.717, 1.165) is 15.2 Å². The number of carbonyl (C=O) groups excluding carboxylic acids is 1. The second-order valence-corrected chi connectivity index (χ2v) is 3.99. The molecule has 2 nitrogen and oxygen atoms in total. The summed E-state index contributed by atoms with van der Waals surface area (Å²) < 4.78 is 5.64. The first kappa shape index (κ1) is 10.2. The number of carbonyl (C=O) groups is 1. The molecule has 0 saturated carbocycles. The van der Waals surface area contributed by atoms with Crippen LogP contribution in [0.25, 0.3) is 10.8 Å². The van der Waals surface area contributed by atoms with Crippen molar-refractivity contribution < 1.29 is 9.53 Å². The molecule has 0 aliphatic carbocycles. The van der Waals surface area contributed by atoms with Crippen LogP contribution < -0.4 is 0 Å². The molecule has 0 spiro atoms. The number of ether oxygens (including phenoxy) is 1. The maximum absolute atomic E-state index is 11.5. The molecule has 0 amide bonds. The van der Waals surface area contributed by atoms with E-state index in [1.165, 1.54) is 7.11 Å². The van der Waals surface area contributed by atoms with Crippen molar-refractivity contribution in [3.8, 4) is 0 Å². The summed E-state index contributed by atoms with van der Waals surface area (Å²) in [5.41, 5.74) is 0.586. The van der Waals surface area contributed by atoms with E-state index in [9.17, 15) is 4.79 Å². The Hall–Kier alpha value is -1.35. The molecular weight excluding hydrogens is 256 g/mol. The van der Waals surface area contributed by atoms with E-state index in [2.05, 4.69) is 15.9 Å². The van der Waals surface area contributed by atoms with E-state index in [4.69, 9.17) is 4.74 Å². The predicted octanol–water partition coefficient (Wildman–Crippen LogP) is 3.39. The molecular formula is C12H9BrO2. The molecule has 0 unspecified atom stereocenters. The van der Waals surface area contributed by atoms with Gasteiger partial charge in [0.05, 0.1) is 12.7 Å². The van der Waals surface area contributed by atoms with Crippen LogP contribution in [0, 0.1) is 0 Å². The van der Waals surface area contributed by atoms with Gasteiger partial charge in [-0.25, -0.2) is 4.79 Å². The zero-order chi connectivity index (χ0) is 10.8. The lowest BCUT2D eigenvalue weighted by molar-refractivity contribution is 0.0603. The fourth-order valence-corrected chi connectivity index (χ4v) is 2.17. The molecule has 3 heteroatoms. The Morgan fingerprint density at radius 3 is 2.53 bits per heavy atom. The largest absolute Gasteiger partial charge is 0.465 e. The summed E-state index contributed by atoms with van der Waals surface area (Å²) in [6, 6.07) is 11.4. The van der Waals surface area contributed by atoms with Crippen molar-refractivity contribution in [2.45, 2.75) is 0 Å². The topological polar surface area (TPSA) is 26.3 Å². The maximum atomic E-state index is 11.5. The predicted molar refractivity (Wildman–Crippen MR) is 63.0 cm³/mol.